The fourth-order valence-electron chi connectivity index (χ4n) is 2.75. The van der Waals surface area contributed by atoms with E-state index in [1.807, 2.05) is 18.4 Å². The lowest BCUT2D eigenvalue weighted by atomic mass is 10.1. The van der Waals surface area contributed by atoms with Crippen molar-refractivity contribution in [3.05, 3.63) is 53.5 Å². The fourth-order valence-corrected chi connectivity index (χ4v) is 2.75. The second-order valence-electron chi connectivity index (χ2n) is 6.16. The van der Waals surface area contributed by atoms with Crippen molar-refractivity contribution in [3.8, 4) is 11.6 Å². The maximum atomic E-state index is 13.1. The zero-order valence-corrected chi connectivity index (χ0v) is 13.4. The van der Waals surface area contributed by atoms with Crippen molar-refractivity contribution in [1.29, 1.82) is 0 Å². The first-order valence-electron chi connectivity index (χ1n) is 7.87. The maximum absolute atomic E-state index is 13.1. The first-order valence-corrected chi connectivity index (χ1v) is 7.87. The molecule has 3 heterocycles. The first-order chi connectivity index (χ1) is 11.6. The molecule has 0 saturated carbocycles. The SMILES string of the molecule is CC(C)c1noc(-c2ncn3c2COC(c2ccc(F)cc2)C3)n1. The molecule has 0 saturated heterocycles. The summed E-state index contributed by atoms with van der Waals surface area (Å²) in [7, 11) is 0. The number of benzene rings is 1. The Balaban J connectivity index is 1.60. The molecular weight excluding hydrogens is 311 g/mol. The lowest BCUT2D eigenvalue weighted by molar-refractivity contribution is 0.00327. The molecule has 0 aliphatic carbocycles. The maximum Gasteiger partial charge on any atom is 0.278 e. The summed E-state index contributed by atoms with van der Waals surface area (Å²) < 4.78 is 26.3. The number of ether oxygens (including phenoxy) is 1. The molecule has 0 radical (unpaired) electrons. The van der Waals surface area contributed by atoms with Crippen LogP contribution in [-0.4, -0.2) is 19.7 Å². The largest absolute Gasteiger partial charge is 0.365 e. The number of hydrogen-bond donors (Lipinski definition) is 0. The molecular formula is C17H17FN4O2. The minimum atomic E-state index is -0.252. The third kappa shape index (κ3) is 2.60. The predicted molar refractivity (Wildman–Crippen MR) is 83.5 cm³/mol. The van der Waals surface area contributed by atoms with Crippen LogP contribution in [0.4, 0.5) is 4.39 Å². The predicted octanol–water partition coefficient (Wildman–Crippen LogP) is 3.47. The van der Waals surface area contributed by atoms with Gasteiger partial charge in [0.25, 0.3) is 5.89 Å². The summed E-state index contributed by atoms with van der Waals surface area (Å²) in [5, 5.41) is 3.98. The number of imidazole rings is 1. The highest BCUT2D eigenvalue weighted by atomic mass is 19.1. The molecule has 24 heavy (non-hydrogen) atoms. The summed E-state index contributed by atoms with van der Waals surface area (Å²) in [6, 6.07) is 6.38. The molecule has 1 aromatic carbocycles. The van der Waals surface area contributed by atoms with Crippen LogP contribution in [0.1, 0.15) is 43.0 Å². The lowest BCUT2D eigenvalue weighted by Gasteiger charge is -2.25. The van der Waals surface area contributed by atoms with Gasteiger partial charge >= 0.3 is 0 Å². The molecule has 0 amide bonds. The van der Waals surface area contributed by atoms with E-state index in [9.17, 15) is 4.39 Å². The van der Waals surface area contributed by atoms with E-state index in [1.54, 1.807) is 18.5 Å². The van der Waals surface area contributed by atoms with Crippen LogP contribution in [0.3, 0.4) is 0 Å². The van der Waals surface area contributed by atoms with Crippen LogP contribution >= 0.6 is 0 Å². The highest BCUT2D eigenvalue weighted by Crippen LogP contribution is 2.31. The van der Waals surface area contributed by atoms with E-state index in [2.05, 4.69) is 15.1 Å². The molecule has 6 nitrogen and oxygen atoms in total. The van der Waals surface area contributed by atoms with Crippen LogP contribution in [0.5, 0.6) is 0 Å². The van der Waals surface area contributed by atoms with Crippen molar-refractivity contribution in [3.63, 3.8) is 0 Å². The topological polar surface area (TPSA) is 66.0 Å². The third-order valence-corrected chi connectivity index (χ3v) is 4.13. The van der Waals surface area contributed by atoms with Crippen molar-refractivity contribution >= 4 is 0 Å². The Labute approximate surface area is 138 Å². The van der Waals surface area contributed by atoms with E-state index in [1.165, 1.54) is 12.1 Å². The summed E-state index contributed by atoms with van der Waals surface area (Å²) in [6.07, 6.45) is 1.62. The van der Waals surface area contributed by atoms with Crippen molar-refractivity contribution in [2.75, 3.05) is 0 Å². The van der Waals surface area contributed by atoms with Gasteiger partial charge < -0.3 is 13.8 Å². The monoisotopic (exact) mass is 328 g/mol. The van der Waals surface area contributed by atoms with Gasteiger partial charge in [-0.05, 0) is 17.7 Å². The van der Waals surface area contributed by atoms with Gasteiger partial charge in [-0.2, -0.15) is 4.98 Å². The molecule has 1 aliphatic rings. The number of halogens is 1. The molecule has 3 aromatic rings. The van der Waals surface area contributed by atoms with E-state index in [0.717, 1.165) is 11.3 Å². The zero-order chi connectivity index (χ0) is 16.7. The molecule has 1 aliphatic heterocycles. The summed E-state index contributed by atoms with van der Waals surface area (Å²) in [5.74, 6) is 1.02. The van der Waals surface area contributed by atoms with Crippen molar-refractivity contribution in [1.82, 2.24) is 19.7 Å². The van der Waals surface area contributed by atoms with Gasteiger partial charge in [0.15, 0.2) is 11.5 Å². The van der Waals surface area contributed by atoms with Crippen LogP contribution < -0.4 is 0 Å². The number of aromatic nitrogens is 4. The molecule has 0 bridgehead atoms. The standard InChI is InChI=1S/C17H17FN4O2/c1-10(2)16-20-17(24-21-16)15-13-8-23-14(7-22(13)9-19-15)11-3-5-12(18)6-4-11/h3-6,9-10,14H,7-8H2,1-2H3. The average molecular weight is 328 g/mol. The van der Waals surface area contributed by atoms with Crippen molar-refractivity contribution < 1.29 is 13.7 Å². The first kappa shape index (κ1) is 15.0. The van der Waals surface area contributed by atoms with Crippen LogP contribution in [0.25, 0.3) is 11.6 Å². The summed E-state index contributed by atoms with van der Waals surface area (Å²) in [6.45, 7) is 5.01. The Kier molecular flexibility index (Phi) is 3.65. The summed E-state index contributed by atoms with van der Waals surface area (Å²) in [5.41, 5.74) is 2.51. The second kappa shape index (κ2) is 5.83. The van der Waals surface area contributed by atoms with Gasteiger partial charge in [0.05, 0.1) is 25.2 Å². The average Bonchev–Trinajstić information content (AvgIpc) is 3.21. The summed E-state index contributed by atoms with van der Waals surface area (Å²) >= 11 is 0. The molecule has 0 N–H and O–H groups in total. The van der Waals surface area contributed by atoms with Crippen LogP contribution in [0.15, 0.2) is 35.1 Å². The minimum absolute atomic E-state index is 0.130. The molecule has 7 heteroatoms. The van der Waals surface area contributed by atoms with Gasteiger partial charge in [-0.3, -0.25) is 0 Å². The molecule has 0 spiro atoms. The molecule has 4 rings (SSSR count). The number of fused-ring (bicyclic) bond motifs is 1. The van der Waals surface area contributed by atoms with Gasteiger partial charge in [-0.15, -0.1) is 0 Å². The van der Waals surface area contributed by atoms with Gasteiger partial charge in [-0.1, -0.05) is 31.1 Å². The normalized spacial score (nSPS) is 17.2. The Bertz CT molecular complexity index is 854. The number of hydrogen-bond acceptors (Lipinski definition) is 5. The lowest BCUT2D eigenvalue weighted by Crippen LogP contribution is -2.20. The Morgan fingerprint density at radius 3 is 2.75 bits per heavy atom. The highest BCUT2D eigenvalue weighted by Gasteiger charge is 2.26. The molecule has 1 atom stereocenters. The van der Waals surface area contributed by atoms with E-state index in [-0.39, 0.29) is 17.8 Å². The quantitative estimate of drug-likeness (QED) is 0.736. The molecule has 124 valence electrons. The van der Waals surface area contributed by atoms with Crippen LogP contribution in [0.2, 0.25) is 0 Å². The number of nitrogens with zero attached hydrogens (tertiary/aromatic N) is 4. The van der Waals surface area contributed by atoms with E-state index in [4.69, 9.17) is 9.26 Å². The number of rotatable bonds is 3. The third-order valence-electron chi connectivity index (χ3n) is 4.13. The van der Waals surface area contributed by atoms with Crippen LogP contribution in [-0.2, 0) is 17.9 Å². The van der Waals surface area contributed by atoms with Gasteiger partial charge in [0, 0.05) is 5.92 Å². The molecule has 2 aromatic heterocycles. The van der Waals surface area contributed by atoms with Gasteiger partial charge in [-0.25, -0.2) is 9.37 Å². The second-order valence-corrected chi connectivity index (χ2v) is 6.16. The minimum Gasteiger partial charge on any atom is -0.365 e. The van der Waals surface area contributed by atoms with Gasteiger partial charge in [0.2, 0.25) is 0 Å². The highest BCUT2D eigenvalue weighted by molar-refractivity contribution is 5.51. The van der Waals surface area contributed by atoms with E-state index >= 15 is 0 Å². The van der Waals surface area contributed by atoms with E-state index < -0.39 is 0 Å². The Morgan fingerprint density at radius 2 is 2.04 bits per heavy atom. The molecule has 1 unspecified atom stereocenters. The van der Waals surface area contributed by atoms with Crippen LogP contribution in [0, 0.1) is 5.82 Å². The fraction of sp³-hybridized carbons (Fsp3) is 0.353. The molecule has 0 fully saturated rings. The zero-order valence-electron chi connectivity index (χ0n) is 13.4. The Hall–Kier alpha value is -2.54. The Morgan fingerprint density at radius 1 is 1.25 bits per heavy atom. The van der Waals surface area contributed by atoms with Crippen molar-refractivity contribution in [2.45, 2.75) is 39.0 Å². The smallest absolute Gasteiger partial charge is 0.278 e. The van der Waals surface area contributed by atoms with Crippen molar-refractivity contribution in [2.24, 2.45) is 0 Å². The van der Waals surface area contributed by atoms with Gasteiger partial charge in [0.1, 0.15) is 11.9 Å². The van der Waals surface area contributed by atoms with E-state index in [0.29, 0.717) is 30.6 Å². The summed E-state index contributed by atoms with van der Waals surface area (Å²) in [4.78, 5) is 8.81.